The molecule has 0 bridgehead atoms. The third-order valence-corrected chi connectivity index (χ3v) is 5.05. The zero-order valence-corrected chi connectivity index (χ0v) is 17.0. The van der Waals surface area contributed by atoms with Crippen LogP contribution in [0, 0.1) is 17.1 Å². The van der Waals surface area contributed by atoms with Gasteiger partial charge in [0.15, 0.2) is 11.5 Å². The maximum Gasteiger partial charge on any atom is 0.262 e. The Morgan fingerprint density at radius 3 is 2.67 bits per heavy atom. The largest absolute Gasteiger partial charge is 0.493 e. The molecule has 0 aliphatic carbocycles. The highest BCUT2D eigenvalue weighted by atomic mass is 32.1. The minimum Gasteiger partial charge on any atom is -0.493 e. The quantitative estimate of drug-likeness (QED) is 0.422. The van der Waals surface area contributed by atoms with Gasteiger partial charge in [0.05, 0.1) is 13.7 Å². The van der Waals surface area contributed by atoms with Crippen LogP contribution in [0.25, 0.3) is 6.08 Å². The van der Waals surface area contributed by atoms with Gasteiger partial charge in [-0.05, 0) is 52.9 Å². The molecule has 5 nitrogen and oxygen atoms in total. The van der Waals surface area contributed by atoms with Gasteiger partial charge in [0.1, 0.15) is 24.1 Å². The number of methoxy groups -OCH3 is 1. The van der Waals surface area contributed by atoms with E-state index in [0.29, 0.717) is 23.6 Å². The third-order valence-electron chi connectivity index (χ3n) is 4.17. The molecular formula is C23H19FN2O3S. The smallest absolute Gasteiger partial charge is 0.262 e. The van der Waals surface area contributed by atoms with Crippen LogP contribution in [0.15, 0.2) is 65.6 Å². The van der Waals surface area contributed by atoms with Crippen LogP contribution in [-0.4, -0.2) is 13.0 Å². The Morgan fingerprint density at radius 2 is 2.00 bits per heavy atom. The average Bonchev–Trinajstić information content (AvgIpc) is 3.29. The van der Waals surface area contributed by atoms with Crippen LogP contribution >= 0.6 is 11.3 Å². The number of thiophene rings is 1. The molecule has 0 unspecified atom stereocenters. The molecule has 0 saturated carbocycles. The van der Waals surface area contributed by atoms with Crippen LogP contribution in [0.5, 0.6) is 11.5 Å². The van der Waals surface area contributed by atoms with Crippen molar-refractivity contribution in [1.29, 1.82) is 5.26 Å². The van der Waals surface area contributed by atoms with Gasteiger partial charge in [-0.25, -0.2) is 4.39 Å². The molecule has 3 aromatic rings. The van der Waals surface area contributed by atoms with E-state index in [4.69, 9.17) is 9.47 Å². The maximum absolute atomic E-state index is 13.0. The van der Waals surface area contributed by atoms with Crippen LogP contribution in [0.3, 0.4) is 0 Å². The van der Waals surface area contributed by atoms with Crippen molar-refractivity contribution >= 4 is 23.3 Å². The minimum absolute atomic E-state index is 0.00594. The Labute approximate surface area is 178 Å². The van der Waals surface area contributed by atoms with E-state index in [1.165, 1.54) is 36.7 Å². The fourth-order valence-corrected chi connectivity index (χ4v) is 3.27. The SMILES string of the molecule is COc1cc(/C=C(\C#N)C(=O)NCc2cccs2)ccc1OCc1ccc(F)cc1. The van der Waals surface area contributed by atoms with Gasteiger partial charge in [0.25, 0.3) is 5.91 Å². The Morgan fingerprint density at radius 1 is 1.20 bits per heavy atom. The molecular weight excluding hydrogens is 403 g/mol. The van der Waals surface area contributed by atoms with Crippen molar-refractivity contribution in [3.05, 3.63) is 87.4 Å². The van der Waals surface area contributed by atoms with Crippen molar-refractivity contribution in [1.82, 2.24) is 5.32 Å². The normalized spacial score (nSPS) is 10.9. The molecule has 0 radical (unpaired) electrons. The zero-order valence-electron chi connectivity index (χ0n) is 16.2. The number of hydrogen-bond acceptors (Lipinski definition) is 5. The monoisotopic (exact) mass is 422 g/mol. The number of amides is 1. The highest BCUT2D eigenvalue weighted by Crippen LogP contribution is 2.29. The first-order valence-electron chi connectivity index (χ1n) is 9.06. The summed E-state index contributed by atoms with van der Waals surface area (Å²) in [7, 11) is 1.51. The van der Waals surface area contributed by atoms with E-state index in [0.717, 1.165) is 10.4 Å². The van der Waals surface area contributed by atoms with E-state index < -0.39 is 5.91 Å². The minimum atomic E-state index is -0.443. The number of ether oxygens (including phenoxy) is 2. The lowest BCUT2D eigenvalue weighted by molar-refractivity contribution is -0.117. The number of nitrogens with one attached hydrogen (secondary N) is 1. The number of nitrogens with zero attached hydrogens (tertiary/aromatic N) is 1. The number of carbonyl (C=O) groups is 1. The molecule has 0 fully saturated rings. The molecule has 1 aromatic heterocycles. The summed E-state index contributed by atoms with van der Waals surface area (Å²) in [5.41, 5.74) is 1.44. The molecule has 0 saturated heterocycles. The Hall–Kier alpha value is -3.63. The van der Waals surface area contributed by atoms with Gasteiger partial charge in [0, 0.05) is 4.88 Å². The van der Waals surface area contributed by atoms with E-state index in [9.17, 15) is 14.4 Å². The third kappa shape index (κ3) is 5.69. The van der Waals surface area contributed by atoms with Crippen molar-refractivity contribution in [3.8, 4) is 17.6 Å². The Balaban J connectivity index is 1.69. The summed E-state index contributed by atoms with van der Waals surface area (Å²) in [5, 5.41) is 14.0. The van der Waals surface area contributed by atoms with Crippen molar-refractivity contribution in [3.63, 3.8) is 0 Å². The number of rotatable bonds is 8. The summed E-state index contributed by atoms with van der Waals surface area (Å²) in [4.78, 5) is 13.3. The van der Waals surface area contributed by atoms with Gasteiger partial charge in [-0.15, -0.1) is 11.3 Å². The lowest BCUT2D eigenvalue weighted by Crippen LogP contribution is -2.23. The lowest BCUT2D eigenvalue weighted by atomic mass is 10.1. The van der Waals surface area contributed by atoms with Crippen LogP contribution in [-0.2, 0) is 17.9 Å². The molecule has 1 heterocycles. The summed E-state index contributed by atoms with van der Waals surface area (Å²) in [5.74, 6) is 0.212. The molecule has 7 heteroatoms. The second-order valence-electron chi connectivity index (χ2n) is 6.26. The second kappa shape index (κ2) is 10.2. The molecule has 1 amide bonds. The van der Waals surface area contributed by atoms with Crippen LogP contribution < -0.4 is 14.8 Å². The van der Waals surface area contributed by atoms with Crippen molar-refractivity contribution in [2.45, 2.75) is 13.2 Å². The number of halogens is 1. The predicted octanol–water partition coefficient (Wildman–Crippen LogP) is 4.70. The molecule has 30 heavy (non-hydrogen) atoms. The molecule has 3 rings (SSSR count). The van der Waals surface area contributed by atoms with Gasteiger partial charge >= 0.3 is 0 Å². The highest BCUT2D eigenvalue weighted by Gasteiger charge is 2.11. The summed E-state index contributed by atoms with van der Waals surface area (Å²) in [6.07, 6.45) is 1.50. The molecule has 1 N–H and O–H groups in total. The van der Waals surface area contributed by atoms with Gasteiger partial charge in [0.2, 0.25) is 0 Å². The summed E-state index contributed by atoms with van der Waals surface area (Å²) in [6, 6.07) is 16.9. The first kappa shape index (κ1) is 21.1. The van der Waals surface area contributed by atoms with Crippen LogP contribution in [0.2, 0.25) is 0 Å². The lowest BCUT2D eigenvalue weighted by Gasteiger charge is -2.11. The van der Waals surface area contributed by atoms with E-state index in [2.05, 4.69) is 5.32 Å². The van der Waals surface area contributed by atoms with Gasteiger partial charge in [-0.2, -0.15) is 5.26 Å². The first-order valence-corrected chi connectivity index (χ1v) is 9.94. The number of nitriles is 1. The number of carbonyl (C=O) groups excluding carboxylic acids is 1. The molecule has 0 aliphatic rings. The predicted molar refractivity (Wildman–Crippen MR) is 113 cm³/mol. The van der Waals surface area contributed by atoms with E-state index in [1.54, 1.807) is 30.3 Å². The second-order valence-corrected chi connectivity index (χ2v) is 7.29. The Bertz CT molecular complexity index is 1070. The Kier molecular flexibility index (Phi) is 7.19. The molecule has 2 aromatic carbocycles. The maximum atomic E-state index is 13.0. The summed E-state index contributed by atoms with van der Waals surface area (Å²) >= 11 is 1.53. The van der Waals surface area contributed by atoms with Gasteiger partial charge in [-0.1, -0.05) is 24.3 Å². The fraction of sp³-hybridized carbons (Fsp3) is 0.130. The van der Waals surface area contributed by atoms with Crippen molar-refractivity contribution < 1.29 is 18.7 Å². The molecule has 0 atom stereocenters. The number of benzene rings is 2. The number of hydrogen-bond donors (Lipinski definition) is 1. The van der Waals surface area contributed by atoms with Crippen LogP contribution in [0.4, 0.5) is 4.39 Å². The van der Waals surface area contributed by atoms with E-state index in [1.807, 2.05) is 23.6 Å². The average molecular weight is 422 g/mol. The molecule has 0 spiro atoms. The first-order chi connectivity index (χ1) is 14.6. The fourth-order valence-electron chi connectivity index (χ4n) is 2.63. The van der Waals surface area contributed by atoms with Crippen molar-refractivity contribution in [2.24, 2.45) is 0 Å². The summed E-state index contributed by atoms with van der Waals surface area (Å²) in [6.45, 7) is 0.620. The van der Waals surface area contributed by atoms with Gasteiger partial charge in [-0.3, -0.25) is 4.79 Å². The van der Waals surface area contributed by atoms with E-state index in [-0.39, 0.29) is 18.0 Å². The zero-order chi connectivity index (χ0) is 21.3. The summed E-state index contributed by atoms with van der Waals surface area (Å²) < 4.78 is 24.1. The standard InChI is InChI=1S/C23H19FN2O3S/c1-28-22-12-17(6-9-21(22)29-15-16-4-7-19(24)8-5-16)11-18(13-25)23(27)26-14-20-3-2-10-30-20/h2-12H,14-15H2,1H3,(H,26,27)/b18-11+. The van der Waals surface area contributed by atoms with Crippen molar-refractivity contribution in [2.75, 3.05) is 7.11 Å². The molecule has 0 aliphatic heterocycles. The molecule has 152 valence electrons. The topological polar surface area (TPSA) is 71.3 Å². The van der Waals surface area contributed by atoms with E-state index >= 15 is 0 Å². The van der Waals surface area contributed by atoms with Gasteiger partial charge < -0.3 is 14.8 Å². The van der Waals surface area contributed by atoms with Crippen LogP contribution in [0.1, 0.15) is 16.0 Å². The highest BCUT2D eigenvalue weighted by molar-refractivity contribution is 7.09.